The van der Waals surface area contributed by atoms with Crippen LogP contribution in [-0.4, -0.2) is 64.2 Å². The molecule has 1 atom stereocenters. The number of hydrogen-bond donors (Lipinski definition) is 2. The highest BCUT2D eigenvalue weighted by molar-refractivity contribution is 7.23. The quantitative estimate of drug-likeness (QED) is 0.149. The zero-order valence-corrected chi connectivity index (χ0v) is 30.1. The lowest BCUT2D eigenvalue weighted by molar-refractivity contribution is -0.138. The average Bonchev–Trinajstić information content (AvgIpc) is 3.88. The number of thiophene rings is 1. The fourth-order valence-corrected chi connectivity index (χ4v) is 8.55. The first-order valence-electron chi connectivity index (χ1n) is 17.5. The molecule has 3 aliphatic rings. The summed E-state index contributed by atoms with van der Waals surface area (Å²) in [5.74, 6) is -2.97. The Kier molecular flexibility index (Phi) is 9.11. The predicted octanol–water partition coefficient (Wildman–Crippen LogP) is 7.70. The van der Waals surface area contributed by atoms with Crippen LogP contribution in [0.15, 0.2) is 36.6 Å². The molecular weight excluding hydrogens is 749 g/mol. The Balaban J connectivity index is 1.33. The van der Waals surface area contributed by atoms with Crippen LogP contribution >= 0.6 is 11.3 Å². The lowest BCUT2D eigenvalue weighted by atomic mass is 9.91. The number of nitrogens with two attached hydrogens (primary N) is 2. The molecule has 0 radical (unpaired) electrons. The Morgan fingerprint density at radius 2 is 1.89 bits per heavy atom. The maximum atomic E-state index is 17.4. The molecule has 4 N–H and O–H groups in total. The predicted molar refractivity (Wildman–Crippen MR) is 194 cm³/mol. The Morgan fingerprint density at radius 3 is 2.56 bits per heavy atom. The molecule has 0 bridgehead atoms. The van der Waals surface area contributed by atoms with E-state index in [4.69, 9.17) is 20.9 Å². The van der Waals surface area contributed by atoms with E-state index in [9.17, 15) is 9.65 Å². The van der Waals surface area contributed by atoms with Crippen molar-refractivity contribution in [3.63, 3.8) is 0 Å². The number of anilines is 3. The summed E-state index contributed by atoms with van der Waals surface area (Å²) in [7, 11) is 0. The van der Waals surface area contributed by atoms with E-state index in [0.717, 1.165) is 30.5 Å². The molecule has 0 unspecified atom stereocenters. The maximum absolute atomic E-state index is 17.4. The number of piperidine rings is 1. The number of nitrogens with zero attached hydrogens (tertiary/aromatic N) is 7. The Labute approximate surface area is 314 Å². The third-order valence-corrected chi connectivity index (χ3v) is 11.7. The Bertz CT molecular complexity index is 2420. The van der Waals surface area contributed by atoms with Crippen LogP contribution < -0.4 is 25.8 Å². The SMILES string of the molecule is C[C@H](c1cncnc1N)N1CCOc2c(C(F)(F)F)c(-c3ccc(F)c4sc(N)c(C#N)c34)c(F)c3nc(OCC4(CN5CCC(=CF)CC5)CC4)nc1c23. The van der Waals surface area contributed by atoms with Crippen LogP contribution in [0.2, 0.25) is 0 Å². The first-order chi connectivity index (χ1) is 26.3. The van der Waals surface area contributed by atoms with E-state index in [1.54, 1.807) is 11.8 Å². The number of aromatic nitrogens is 4. The van der Waals surface area contributed by atoms with Crippen molar-refractivity contribution < 1.29 is 35.8 Å². The lowest BCUT2D eigenvalue weighted by Crippen LogP contribution is -2.37. The standard InChI is InChI=1S/C37H33F6N9O2S/c1-18(22-14-47-17-48-32(22)45)52-10-11-53-30-26-29(49-35(50-34(26)52)54-16-36(6-7-36)15-51-8-4-19(12-38)5-9-51)28(40)25(27(30)37(41,42)43)20-2-3-23(39)31-24(20)21(13-44)33(46)55-31/h2-3,12,14,17-18H,4-11,15-16,46H2,1H3,(H2,45,47,48)/t18-/m1/s1. The van der Waals surface area contributed by atoms with E-state index in [1.807, 2.05) is 6.07 Å². The molecule has 2 aromatic carbocycles. The van der Waals surface area contributed by atoms with Gasteiger partial charge in [0.1, 0.15) is 58.3 Å². The first-order valence-corrected chi connectivity index (χ1v) is 18.3. The van der Waals surface area contributed by atoms with Crippen molar-refractivity contribution in [2.45, 2.75) is 44.8 Å². The van der Waals surface area contributed by atoms with Gasteiger partial charge in [-0.05, 0) is 49.8 Å². The molecule has 55 heavy (non-hydrogen) atoms. The van der Waals surface area contributed by atoms with Crippen molar-refractivity contribution in [1.82, 2.24) is 24.8 Å². The molecule has 0 amide bonds. The number of nitrogen functional groups attached to an aromatic ring is 2. The average molecular weight is 782 g/mol. The fourth-order valence-electron chi connectivity index (χ4n) is 7.61. The molecule has 3 aromatic heterocycles. The van der Waals surface area contributed by atoms with Crippen molar-refractivity contribution in [2.75, 3.05) is 55.8 Å². The van der Waals surface area contributed by atoms with Gasteiger partial charge in [0.15, 0.2) is 5.82 Å². The number of alkyl halides is 3. The number of rotatable bonds is 8. The summed E-state index contributed by atoms with van der Waals surface area (Å²) in [6.07, 6.45) is 1.06. The minimum atomic E-state index is -5.23. The van der Waals surface area contributed by atoms with Gasteiger partial charge in [0.05, 0.1) is 41.2 Å². The van der Waals surface area contributed by atoms with Crippen molar-refractivity contribution in [2.24, 2.45) is 5.41 Å². The summed E-state index contributed by atoms with van der Waals surface area (Å²) >= 11 is 0.672. The van der Waals surface area contributed by atoms with E-state index < -0.39 is 51.8 Å². The zero-order valence-electron chi connectivity index (χ0n) is 29.3. The molecule has 11 nitrogen and oxygen atoms in total. The Morgan fingerprint density at radius 1 is 1.13 bits per heavy atom. The lowest BCUT2D eigenvalue weighted by Gasteiger charge is -2.31. The van der Waals surface area contributed by atoms with Gasteiger partial charge in [-0.2, -0.15) is 28.4 Å². The highest BCUT2D eigenvalue weighted by Gasteiger charge is 2.47. The van der Waals surface area contributed by atoms with Gasteiger partial charge in [-0.3, -0.25) is 0 Å². The van der Waals surface area contributed by atoms with E-state index >= 15 is 22.0 Å². The molecule has 286 valence electrons. The van der Waals surface area contributed by atoms with Crippen molar-refractivity contribution >= 4 is 49.0 Å². The second-order valence-electron chi connectivity index (χ2n) is 14.1. The van der Waals surface area contributed by atoms with E-state index in [1.165, 1.54) is 12.5 Å². The summed E-state index contributed by atoms with van der Waals surface area (Å²) < 4.78 is 104. The van der Waals surface area contributed by atoms with Gasteiger partial charge in [0.25, 0.3) is 0 Å². The molecular formula is C37H33F6N9O2S. The third kappa shape index (κ3) is 6.38. The van der Waals surface area contributed by atoms with Gasteiger partial charge in [-0.1, -0.05) is 6.07 Å². The third-order valence-electron chi connectivity index (χ3n) is 10.7. The highest BCUT2D eigenvalue weighted by Crippen LogP contribution is 2.54. The molecule has 18 heteroatoms. The van der Waals surface area contributed by atoms with Crippen LogP contribution in [0, 0.1) is 28.4 Å². The van der Waals surface area contributed by atoms with Gasteiger partial charge >= 0.3 is 12.2 Å². The summed E-state index contributed by atoms with van der Waals surface area (Å²) in [4.78, 5) is 21.0. The number of likely N-dealkylation sites (tertiary alicyclic amines) is 1. The normalized spacial score (nSPS) is 17.5. The monoisotopic (exact) mass is 781 g/mol. The van der Waals surface area contributed by atoms with Gasteiger partial charge in [-0.25, -0.2) is 23.1 Å². The largest absolute Gasteiger partial charge is 0.490 e. The number of ether oxygens (including phenoxy) is 2. The summed E-state index contributed by atoms with van der Waals surface area (Å²) in [6.45, 7) is 3.56. The van der Waals surface area contributed by atoms with Crippen molar-refractivity contribution in [3.8, 4) is 29.0 Å². The molecule has 1 aliphatic carbocycles. The van der Waals surface area contributed by atoms with Gasteiger partial charge in [0, 0.05) is 47.8 Å². The fraction of sp³-hybridized carbons (Fsp3) is 0.378. The smallest absolute Gasteiger partial charge is 0.420 e. The second kappa shape index (κ2) is 13.7. The molecule has 5 heterocycles. The number of nitriles is 1. The number of benzene rings is 2. The minimum Gasteiger partial charge on any atom is -0.490 e. The zero-order chi connectivity index (χ0) is 38.8. The molecule has 8 rings (SSSR count). The van der Waals surface area contributed by atoms with Crippen molar-refractivity contribution in [3.05, 3.63) is 64.9 Å². The second-order valence-corrected chi connectivity index (χ2v) is 15.2. The summed E-state index contributed by atoms with van der Waals surface area (Å²) in [5.41, 5.74) is 9.41. The van der Waals surface area contributed by atoms with Gasteiger partial charge in [0.2, 0.25) is 0 Å². The Hall–Kier alpha value is -5.41. The molecule has 5 aromatic rings. The van der Waals surface area contributed by atoms with Crippen molar-refractivity contribution in [1.29, 1.82) is 5.26 Å². The van der Waals surface area contributed by atoms with Gasteiger partial charge < -0.3 is 30.7 Å². The van der Waals surface area contributed by atoms with Gasteiger partial charge in [-0.15, -0.1) is 11.3 Å². The molecule has 0 spiro atoms. The van der Waals surface area contributed by atoms with Crippen LogP contribution in [0.3, 0.4) is 0 Å². The maximum Gasteiger partial charge on any atom is 0.420 e. The van der Waals surface area contributed by atoms with Crippen LogP contribution in [0.5, 0.6) is 11.8 Å². The molecule has 2 fully saturated rings. The van der Waals surface area contributed by atoms with E-state index in [2.05, 4.69) is 24.8 Å². The van der Waals surface area contributed by atoms with E-state index in [-0.39, 0.29) is 68.9 Å². The topological polar surface area (TPSA) is 152 Å². The minimum absolute atomic E-state index is 0.0291. The molecule has 1 saturated heterocycles. The summed E-state index contributed by atoms with van der Waals surface area (Å²) in [5, 5.41) is 9.17. The first kappa shape index (κ1) is 36.6. The van der Waals surface area contributed by atoms with Crippen LogP contribution in [-0.2, 0) is 6.18 Å². The number of halogens is 6. The van der Waals surface area contributed by atoms with Crippen LogP contribution in [0.25, 0.3) is 32.1 Å². The number of fused-ring (bicyclic) bond motifs is 1. The molecule has 1 saturated carbocycles. The summed E-state index contributed by atoms with van der Waals surface area (Å²) in [6, 6.07) is 2.74. The number of hydrogen-bond acceptors (Lipinski definition) is 12. The van der Waals surface area contributed by atoms with Crippen LogP contribution in [0.1, 0.15) is 55.3 Å². The molecule has 2 aliphatic heterocycles. The van der Waals surface area contributed by atoms with E-state index in [0.29, 0.717) is 55.7 Å². The van der Waals surface area contributed by atoms with Crippen LogP contribution in [0.4, 0.5) is 43.0 Å². The highest BCUT2D eigenvalue weighted by atomic mass is 32.1.